The van der Waals surface area contributed by atoms with Gasteiger partial charge in [-0.3, -0.25) is 9.59 Å². The van der Waals surface area contributed by atoms with E-state index in [4.69, 9.17) is 4.74 Å². The van der Waals surface area contributed by atoms with Crippen LogP contribution in [0.2, 0.25) is 0 Å². The largest absolute Gasteiger partial charge is 0.394 e. The molecule has 0 spiro atoms. The second kappa shape index (κ2) is 8.57. The number of pyridine rings is 1. The Morgan fingerprint density at radius 1 is 1.11 bits per heavy atom. The van der Waals surface area contributed by atoms with E-state index in [2.05, 4.69) is 5.32 Å². The fourth-order valence-corrected chi connectivity index (χ4v) is 3.06. The summed E-state index contributed by atoms with van der Waals surface area (Å²) >= 11 is 0. The summed E-state index contributed by atoms with van der Waals surface area (Å²) < 4.78 is 6.94. The van der Waals surface area contributed by atoms with E-state index in [1.807, 2.05) is 0 Å². The molecule has 148 valence electrons. The summed E-state index contributed by atoms with van der Waals surface area (Å²) in [6.45, 7) is 1.36. The lowest BCUT2D eigenvalue weighted by Gasteiger charge is -2.11. The highest BCUT2D eigenvalue weighted by Crippen LogP contribution is 2.25. The van der Waals surface area contributed by atoms with Crippen molar-refractivity contribution >= 4 is 17.4 Å². The van der Waals surface area contributed by atoms with E-state index in [0.717, 1.165) is 0 Å². The zero-order valence-electron chi connectivity index (χ0n) is 15.4. The Labute approximate surface area is 162 Å². The normalized spacial score (nSPS) is 24.1. The standard InChI is InChI=1S/C20H22N2O6/c1-2-15(24)12-5-7-14(8-6-12)21-19(27)13-4-3-9-22(10-13)20-18(26)17(25)16(11-23)28-20/h3-10,16-18,20,23,25-26H,2,11H2,1H3/p+1/t16-,17-,18-,20-/m1/s1. The molecule has 1 amide bonds. The molecule has 28 heavy (non-hydrogen) atoms. The highest BCUT2D eigenvalue weighted by Gasteiger charge is 2.48. The number of amides is 1. The second-order valence-electron chi connectivity index (χ2n) is 6.58. The van der Waals surface area contributed by atoms with E-state index < -0.39 is 31.1 Å². The van der Waals surface area contributed by atoms with Gasteiger partial charge in [0.25, 0.3) is 12.1 Å². The van der Waals surface area contributed by atoms with Gasteiger partial charge in [-0.05, 0) is 30.3 Å². The summed E-state index contributed by atoms with van der Waals surface area (Å²) in [5.74, 6) is -0.351. The number of aromatic nitrogens is 1. The number of hydrogen-bond donors (Lipinski definition) is 4. The molecule has 0 unspecified atom stereocenters. The van der Waals surface area contributed by atoms with E-state index in [-0.39, 0.29) is 11.7 Å². The van der Waals surface area contributed by atoms with Crippen molar-refractivity contribution < 1.29 is 34.2 Å². The molecule has 1 aromatic carbocycles. The molecule has 0 bridgehead atoms. The lowest BCUT2D eigenvalue weighted by atomic mass is 10.1. The van der Waals surface area contributed by atoms with Crippen LogP contribution in [-0.2, 0) is 4.74 Å². The topological polar surface area (TPSA) is 120 Å². The molecule has 2 heterocycles. The maximum absolute atomic E-state index is 12.5. The molecule has 0 saturated carbocycles. The number of nitrogens with one attached hydrogen (secondary N) is 1. The summed E-state index contributed by atoms with van der Waals surface area (Å²) in [4.78, 5) is 24.2. The van der Waals surface area contributed by atoms with Gasteiger partial charge in [0.1, 0.15) is 17.8 Å². The van der Waals surface area contributed by atoms with Crippen LogP contribution in [0.25, 0.3) is 0 Å². The molecule has 0 aliphatic carbocycles. The maximum atomic E-state index is 12.5. The number of benzene rings is 1. The first kappa shape index (κ1) is 20.1. The molecule has 1 aliphatic rings. The first-order valence-electron chi connectivity index (χ1n) is 9.02. The van der Waals surface area contributed by atoms with Gasteiger partial charge in [-0.25, -0.2) is 0 Å². The van der Waals surface area contributed by atoms with Gasteiger partial charge in [0.05, 0.1) is 6.61 Å². The monoisotopic (exact) mass is 387 g/mol. The Balaban J connectivity index is 1.73. The highest BCUT2D eigenvalue weighted by atomic mass is 16.6. The van der Waals surface area contributed by atoms with Gasteiger partial charge >= 0.3 is 0 Å². The lowest BCUT2D eigenvalue weighted by Crippen LogP contribution is -2.46. The molecule has 1 fully saturated rings. The van der Waals surface area contributed by atoms with E-state index in [9.17, 15) is 24.9 Å². The molecule has 1 aromatic heterocycles. The fraction of sp³-hybridized carbons (Fsp3) is 0.350. The number of Topliss-reactive ketones (excluding diaryl/α,β-unsaturated/α-hetero) is 1. The van der Waals surface area contributed by atoms with Crippen molar-refractivity contribution in [2.75, 3.05) is 11.9 Å². The molecule has 8 heteroatoms. The zero-order valence-corrected chi connectivity index (χ0v) is 15.4. The quantitative estimate of drug-likeness (QED) is 0.422. The van der Waals surface area contributed by atoms with Crippen LogP contribution in [0, 0.1) is 0 Å². The maximum Gasteiger partial charge on any atom is 0.292 e. The Kier molecular flexibility index (Phi) is 6.15. The molecule has 8 nitrogen and oxygen atoms in total. The molecule has 4 N–H and O–H groups in total. The van der Waals surface area contributed by atoms with Crippen molar-refractivity contribution in [3.8, 4) is 0 Å². The Hall–Kier alpha value is -2.65. The van der Waals surface area contributed by atoms with Crippen molar-refractivity contribution in [1.29, 1.82) is 0 Å². The number of hydrogen-bond acceptors (Lipinski definition) is 6. The van der Waals surface area contributed by atoms with Crippen molar-refractivity contribution in [1.82, 2.24) is 0 Å². The minimum atomic E-state index is -1.23. The summed E-state index contributed by atoms with van der Waals surface area (Å²) in [5.41, 5.74) is 1.44. The first-order valence-corrected chi connectivity index (χ1v) is 9.02. The molecule has 1 saturated heterocycles. The van der Waals surface area contributed by atoms with Crippen LogP contribution in [0.3, 0.4) is 0 Å². The number of rotatable bonds is 6. The average Bonchev–Trinajstić information content (AvgIpc) is 3.02. The van der Waals surface area contributed by atoms with Gasteiger partial charge in [0, 0.05) is 23.7 Å². The second-order valence-corrected chi connectivity index (χ2v) is 6.58. The van der Waals surface area contributed by atoms with Gasteiger partial charge in [0.2, 0.25) is 0 Å². The van der Waals surface area contributed by atoms with Gasteiger partial charge < -0.3 is 25.4 Å². The predicted molar refractivity (Wildman–Crippen MR) is 98.7 cm³/mol. The summed E-state index contributed by atoms with van der Waals surface area (Å²) in [6, 6.07) is 9.85. The summed E-state index contributed by atoms with van der Waals surface area (Å²) in [5, 5.41) is 32.0. The zero-order chi connectivity index (χ0) is 20.3. The summed E-state index contributed by atoms with van der Waals surface area (Å²) in [7, 11) is 0. The lowest BCUT2D eigenvalue weighted by molar-refractivity contribution is -0.765. The van der Waals surface area contributed by atoms with Crippen LogP contribution in [0.4, 0.5) is 5.69 Å². The predicted octanol–water partition coefficient (Wildman–Crippen LogP) is 0.431. The third-order valence-corrected chi connectivity index (χ3v) is 4.68. The SMILES string of the molecule is CCC(=O)c1ccc(NC(=O)c2ccc[n+]([C@@H]3O[C@H](CO)[C@@H](O)[C@H]3O)c2)cc1. The first-order chi connectivity index (χ1) is 13.4. The number of nitrogens with zero attached hydrogens (tertiary/aromatic N) is 1. The van der Waals surface area contributed by atoms with Crippen LogP contribution >= 0.6 is 0 Å². The van der Waals surface area contributed by atoms with Crippen molar-refractivity contribution in [3.63, 3.8) is 0 Å². The van der Waals surface area contributed by atoms with Gasteiger partial charge in [-0.15, -0.1) is 0 Å². The number of anilines is 1. The molecule has 0 radical (unpaired) electrons. The molecule has 3 rings (SSSR count). The third-order valence-electron chi connectivity index (χ3n) is 4.68. The number of aliphatic hydroxyl groups excluding tert-OH is 3. The van der Waals surface area contributed by atoms with Crippen molar-refractivity contribution in [2.45, 2.75) is 37.9 Å². The van der Waals surface area contributed by atoms with Crippen LogP contribution < -0.4 is 9.88 Å². The number of ether oxygens (including phenoxy) is 1. The number of carbonyl (C=O) groups excluding carboxylic acids is 2. The molecule has 1 aliphatic heterocycles. The number of aliphatic hydroxyl groups is 3. The highest BCUT2D eigenvalue weighted by molar-refractivity contribution is 6.04. The summed E-state index contributed by atoms with van der Waals surface area (Å²) in [6.07, 6.45) is -0.758. The Morgan fingerprint density at radius 3 is 2.43 bits per heavy atom. The van der Waals surface area contributed by atoms with Crippen LogP contribution in [0.15, 0.2) is 48.8 Å². The third kappa shape index (κ3) is 4.10. The van der Waals surface area contributed by atoms with Crippen molar-refractivity contribution in [3.05, 3.63) is 59.9 Å². The molecular weight excluding hydrogens is 364 g/mol. The van der Waals surface area contributed by atoms with E-state index >= 15 is 0 Å². The van der Waals surface area contributed by atoms with Crippen molar-refractivity contribution in [2.24, 2.45) is 0 Å². The van der Waals surface area contributed by atoms with Crippen LogP contribution in [0.5, 0.6) is 0 Å². The van der Waals surface area contributed by atoms with E-state index in [1.165, 1.54) is 10.8 Å². The smallest absolute Gasteiger partial charge is 0.292 e. The minimum absolute atomic E-state index is 0.0282. The minimum Gasteiger partial charge on any atom is -0.394 e. The Morgan fingerprint density at radius 2 is 1.82 bits per heavy atom. The van der Waals surface area contributed by atoms with Crippen LogP contribution in [0.1, 0.15) is 40.3 Å². The molecule has 4 atom stereocenters. The van der Waals surface area contributed by atoms with E-state index in [0.29, 0.717) is 23.2 Å². The van der Waals surface area contributed by atoms with E-state index in [1.54, 1.807) is 49.5 Å². The number of ketones is 1. The molecule has 2 aromatic rings. The van der Waals surface area contributed by atoms with Gasteiger partial charge in [-0.2, -0.15) is 4.57 Å². The van der Waals surface area contributed by atoms with Gasteiger partial charge in [-0.1, -0.05) is 6.92 Å². The fourth-order valence-electron chi connectivity index (χ4n) is 3.06. The molecular formula is C20H23N2O6+. The van der Waals surface area contributed by atoms with Gasteiger partial charge in [0.15, 0.2) is 24.3 Å². The number of carbonyl (C=O) groups is 2. The average molecular weight is 387 g/mol. The van der Waals surface area contributed by atoms with Crippen LogP contribution in [-0.4, -0.2) is 51.9 Å². The Bertz CT molecular complexity index is 854.